The number of carbonyl (C=O) groups is 1. The molecule has 0 aliphatic carbocycles. The van der Waals surface area contributed by atoms with Crippen LogP contribution >= 0.6 is 0 Å². The molecule has 26 heavy (non-hydrogen) atoms. The Bertz CT molecular complexity index is 702. The molecule has 1 unspecified atom stereocenters. The molecule has 6 nitrogen and oxygen atoms in total. The van der Waals surface area contributed by atoms with Gasteiger partial charge in [-0.15, -0.1) is 0 Å². The number of ether oxygens (including phenoxy) is 1. The van der Waals surface area contributed by atoms with E-state index in [0.29, 0.717) is 18.8 Å². The van der Waals surface area contributed by atoms with E-state index in [1.807, 2.05) is 24.3 Å². The Hall–Kier alpha value is -1.44. The first-order chi connectivity index (χ1) is 12.1. The van der Waals surface area contributed by atoms with Crippen LogP contribution in [-0.2, 0) is 25.0 Å². The van der Waals surface area contributed by atoms with Gasteiger partial charge in [-0.3, -0.25) is 4.79 Å². The lowest BCUT2D eigenvalue weighted by molar-refractivity contribution is -0.116. The van der Waals surface area contributed by atoms with Gasteiger partial charge < -0.3 is 10.1 Å². The van der Waals surface area contributed by atoms with Crippen LogP contribution in [0.3, 0.4) is 0 Å². The normalized spacial score (nSPS) is 18.3. The maximum atomic E-state index is 12.2. The van der Waals surface area contributed by atoms with Crippen molar-refractivity contribution in [3.63, 3.8) is 0 Å². The molecule has 0 aromatic heterocycles. The van der Waals surface area contributed by atoms with Crippen LogP contribution in [-0.4, -0.2) is 50.7 Å². The van der Waals surface area contributed by atoms with E-state index in [2.05, 4.69) is 26.1 Å². The van der Waals surface area contributed by atoms with Gasteiger partial charge in [0.1, 0.15) is 0 Å². The molecule has 1 saturated heterocycles. The molecule has 7 heteroatoms. The predicted octanol–water partition coefficient (Wildman–Crippen LogP) is 2.75. The fourth-order valence-electron chi connectivity index (χ4n) is 2.91. The van der Waals surface area contributed by atoms with Crippen LogP contribution in [0, 0.1) is 0 Å². The molecule has 1 aromatic carbocycles. The molecule has 1 N–H and O–H groups in total. The third kappa shape index (κ3) is 6.37. The Morgan fingerprint density at radius 1 is 1.27 bits per heavy atom. The zero-order valence-corrected chi connectivity index (χ0v) is 16.9. The van der Waals surface area contributed by atoms with Crippen molar-refractivity contribution in [1.82, 2.24) is 4.31 Å². The van der Waals surface area contributed by atoms with Gasteiger partial charge in [0, 0.05) is 31.8 Å². The van der Waals surface area contributed by atoms with E-state index in [1.165, 1.54) is 16.1 Å². The van der Waals surface area contributed by atoms with Crippen molar-refractivity contribution in [1.29, 1.82) is 0 Å². The Balaban J connectivity index is 1.89. The summed E-state index contributed by atoms with van der Waals surface area (Å²) in [6.45, 7) is 7.54. The first-order valence-corrected chi connectivity index (χ1v) is 10.9. The van der Waals surface area contributed by atoms with Gasteiger partial charge in [0.25, 0.3) is 0 Å². The van der Waals surface area contributed by atoms with Crippen molar-refractivity contribution in [3.05, 3.63) is 29.8 Å². The van der Waals surface area contributed by atoms with Gasteiger partial charge in [0.05, 0.1) is 12.4 Å². The van der Waals surface area contributed by atoms with Crippen LogP contribution in [0.2, 0.25) is 0 Å². The average molecular weight is 383 g/mol. The lowest BCUT2D eigenvalue weighted by Crippen LogP contribution is -2.38. The molecule has 0 spiro atoms. The highest BCUT2D eigenvalue weighted by Crippen LogP contribution is 2.23. The molecular weight excluding hydrogens is 352 g/mol. The number of amides is 1. The Morgan fingerprint density at radius 2 is 1.92 bits per heavy atom. The summed E-state index contributed by atoms with van der Waals surface area (Å²) in [6, 6.07) is 7.74. The van der Waals surface area contributed by atoms with Crippen LogP contribution in [0.15, 0.2) is 24.3 Å². The second-order valence-corrected chi connectivity index (χ2v) is 9.86. The second kappa shape index (κ2) is 8.50. The number of benzene rings is 1. The molecule has 1 aliphatic rings. The van der Waals surface area contributed by atoms with E-state index in [9.17, 15) is 13.2 Å². The van der Waals surface area contributed by atoms with Crippen LogP contribution in [0.1, 0.15) is 45.6 Å². The van der Waals surface area contributed by atoms with Crippen LogP contribution in [0.4, 0.5) is 5.69 Å². The van der Waals surface area contributed by atoms with E-state index >= 15 is 0 Å². The maximum Gasteiger partial charge on any atom is 0.225 e. The van der Waals surface area contributed by atoms with Gasteiger partial charge in [-0.1, -0.05) is 32.9 Å². The first kappa shape index (κ1) is 20.9. The summed E-state index contributed by atoms with van der Waals surface area (Å²) in [5.41, 5.74) is 1.96. The fourth-order valence-corrected chi connectivity index (χ4v) is 3.77. The number of nitrogens with one attached hydrogen (secondary N) is 1. The van der Waals surface area contributed by atoms with E-state index in [1.54, 1.807) is 0 Å². The molecule has 2 rings (SSSR count). The predicted molar refractivity (Wildman–Crippen MR) is 104 cm³/mol. The minimum absolute atomic E-state index is 0.0564. The number of hydrogen-bond donors (Lipinski definition) is 1. The van der Waals surface area contributed by atoms with Gasteiger partial charge in [0.2, 0.25) is 15.9 Å². The SMILES string of the molecule is CC(C)(C)c1ccc(NC(=O)CCN(CC2CCCO2)S(C)(=O)=O)cc1. The zero-order chi connectivity index (χ0) is 19.4. The molecule has 1 amide bonds. The average Bonchev–Trinajstić information content (AvgIpc) is 3.03. The number of nitrogens with zero attached hydrogens (tertiary/aromatic N) is 1. The third-order valence-electron chi connectivity index (χ3n) is 4.52. The minimum Gasteiger partial charge on any atom is -0.377 e. The van der Waals surface area contributed by atoms with Crippen molar-refractivity contribution in [2.75, 3.05) is 31.3 Å². The molecule has 1 fully saturated rings. The zero-order valence-electron chi connectivity index (χ0n) is 16.1. The van der Waals surface area contributed by atoms with Crippen molar-refractivity contribution in [3.8, 4) is 0 Å². The van der Waals surface area contributed by atoms with Crippen molar-refractivity contribution < 1.29 is 17.9 Å². The van der Waals surface area contributed by atoms with Crippen molar-refractivity contribution >= 4 is 21.6 Å². The van der Waals surface area contributed by atoms with E-state index in [0.717, 1.165) is 12.8 Å². The lowest BCUT2D eigenvalue weighted by Gasteiger charge is -2.22. The minimum atomic E-state index is -3.37. The Kier molecular flexibility index (Phi) is 6.82. The van der Waals surface area contributed by atoms with Gasteiger partial charge >= 0.3 is 0 Å². The Morgan fingerprint density at radius 3 is 2.42 bits per heavy atom. The highest BCUT2D eigenvalue weighted by Gasteiger charge is 2.25. The summed E-state index contributed by atoms with van der Waals surface area (Å²) in [5.74, 6) is -0.200. The topological polar surface area (TPSA) is 75.7 Å². The quantitative estimate of drug-likeness (QED) is 0.787. The third-order valence-corrected chi connectivity index (χ3v) is 5.79. The molecule has 1 aromatic rings. The lowest BCUT2D eigenvalue weighted by atomic mass is 9.87. The second-order valence-electron chi connectivity index (χ2n) is 7.88. The number of anilines is 1. The standard InChI is InChI=1S/C19H30N2O4S/c1-19(2,3)15-7-9-16(10-8-15)20-18(22)11-12-21(26(4,23)24)14-17-6-5-13-25-17/h7-10,17H,5-6,11-14H2,1-4H3,(H,20,22). The summed E-state index contributed by atoms with van der Waals surface area (Å²) in [6.07, 6.45) is 3.02. The summed E-state index contributed by atoms with van der Waals surface area (Å²) in [5, 5.41) is 2.83. The van der Waals surface area contributed by atoms with Gasteiger partial charge in [-0.05, 0) is 36.0 Å². The summed E-state index contributed by atoms with van der Waals surface area (Å²) < 4.78 is 30.8. The van der Waals surface area contributed by atoms with Gasteiger partial charge in [-0.2, -0.15) is 4.31 Å². The van der Waals surface area contributed by atoms with Crippen molar-refractivity contribution in [2.45, 2.75) is 51.6 Å². The number of hydrogen-bond acceptors (Lipinski definition) is 4. The van der Waals surface area contributed by atoms with Gasteiger partial charge in [-0.25, -0.2) is 8.42 Å². The van der Waals surface area contributed by atoms with Crippen LogP contribution in [0.25, 0.3) is 0 Å². The van der Waals surface area contributed by atoms with E-state index in [4.69, 9.17) is 4.74 Å². The van der Waals surface area contributed by atoms with E-state index < -0.39 is 10.0 Å². The molecule has 1 heterocycles. The number of sulfonamides is 1. The molecule has 0 bridgehead atoms. The van der Waals surface area contributed by atoms with Crippen LogP contribution < -0.4 is 5.32 Å². The number of rotatable bonds is 7. The largest absolute Gasteiger partial charge is 0.377 e. The summed E-state index contributed by atoms with van der Waals surface area (Å²) >= 11 is 0. The first-order valence-electron chi connectivity index (χ1n) is 9.03. The monoisotopic (exact) mass is 382 g/mol. The number of carbonyl (C=O) groups excluding carboxylic acids is 1. The molecule has 0 radical (unpaired) electrons. The molecule has 146 valence electrons. The Labute approximate surface area is 157 Å². The van der Waals surface area contributed by atoms with E-state index in [-0.39, 0.29) is 30.4 Å². The van der Waals surface area contributed by atoms with Crippen molar-refractivity contribution in [2.24, 2.45) is 0 Å². The van der Waals surface area contributed by atoms with Gasteiger partial charge in [0.15, 0.2) is 0 Å². The molecule has 1 atom stereocenters. The van der Waals surface area contributed by atoms with Crippen LogP contribution in [0.5, 0.6) is 0 Å². The smallest absolute Gasteiger partial charge is 0.225 e. The maximum absolute atomic E-state index is 12.2. The summed E-state index contributed by atoms with van der Waals surface area (Å²) in [4.78, 5) is 12.2. The molecule has 0 saturated carbocycles. The summed E-state index contributed by atoms with van der Waals surface area (Å²) in [7, 11) is -3.37. The molecule has 1 aliphatic heterocycles. The highest BCUT2D eigenvalue weighted by atomic mass is 32.2. The highest BCUT2D eigenvalue weighted by molar-refractivity contribution is 7.88. The fraction of sp³-hybridized carbons (Fsp3) is 0.632. The molecular formula is C19H30N2O4S.